The van der Waals surface area contributed by atoms with Crippen LogP contribution in [0.3, 0.4) is 0 Å². The van der Waals surface area contributed by atoms with Gasteiger partial charge in [-0.05, 0) is 24.3 Å². The predicted molar refractivity (Wildman–Crippen MR) is 70.7 cm³/mol. The van der Waals surface area contributed by atoms with E-state index in [0.717, 1.165) is 0 Å². The Morgan fingerprint density at radius 2 is 2.05 bits per heavy atom. The van der Waals surface area contributed by atoms with E-state index in [1.54, 1.807) is 12.1 Å². The van der Waals surface area contributed by atoms with Gasteiger partial charge in [-0.3, -0.25) is 0 Å². The Kier molecular flexibility index (Phi) is 3.87. The second-order valence-corrected chi connectivity index (χ2v) is 3.57. The second-order valence-electron chi connectivity index (χ2n) is 3.57. The number of halogens is 1. The van der Waals surface area contributed by atoms with Gasteiger partial charge in [-0.25, -0.2) is 14.4 Å². The normalized spacial score (nSPS) is 10.6. The summed E-state index contributed by atoms with van der Waals surface area (Å²) in [5, 5.41) is 6.64. The molecule has 0 spiro atoms. The SMILES string of the molecule is CO/N=C/c1c(N)ncnc1Nc1ccc(F)cc1. The van der Waals surface area contributed by atoms with Gasteiger partial charge in [0, 0.05) is 5.69 Å². The number of hydrogen-bond acceptors (Lipinski definition) is 6. The number of oxime groups is 1. The first kappa shape index (κ1) is 12.7. The number of hydrogen-bond donors (Lipinski definition) is 2. The molecule has 0 aliphatic heterocycles. The molecular weight excluding hydrogens is 249 g/mol. The maximum Gasteiger partial charge on any atom is 0.144 e. The summed E-state index contributed by atoms with van der Waals surface area (Å²) in [6, 6.07) is 5.86. The van der Waals surface area contributed by atoms with Gasteiger partial charge in [-0.1, -0.05) is 5.16 Å². The van der Waals surface area contributed by atoms with Crippen LogP contribution in [0.1, 0.15) is 5.56 Å². The zero-order valence-electron chi connectivity index (χ0n) is 10.2. The lowest BCUT2D eigenvalue weighted by Crippen LogP contribution is -2.05. The summed E-state index contributed by atoms with van der Waals surface area (Å²) < 4.78 is 12.8. The highest BCUT2D eigenvalue weighted by atomic mass is 19.1. The highest BCUT2D eigenvalue weighted by Crippen LogP contribution is 2.20. The molecule has 0 aliphatic rings. The van der Waals surface area contributed by atoms with Crippen LogP contribution in [0.15, 0.2) is 35.7 Å². The van der Waals surface area contributed by atoms with Crippen molar-refractivity contribution in [2.75, 3.05) is 18.2 Å². The molecule has 0 aliphatic carbocycles. The van der Waals surface area contributed by atoms with Gasteiger partial charge in [0.1, 0.15) is 30.9 Å². The van der Waals surface area contributed by atoms with Crippen LogP contribution in [0.5, 0.6) is 0 Å². The summed E-state index contributed by atoms with van der Waals surface area (Å²) in [6.07, 6.45) is 2.73. The lowest BCUT2D eigenvalue weighted by atomic mass is 10.2. The Balaban J connectivity index is 2.31. The molecule has 6 nitrogen and oxygen atoms in total. The minimum absolute atomic E-state index is 0.264. The van der Waals surface area contributed by atoms with Crippen LogP contribution in [0, 0.1) is 5.82 Å². The van der Waals surface area contributed by atoms with Crippen molar-refractivity contribution in [1.29, 1.82) is 0 Å². The maximum atomic E-state index is 12.8. The predicted octanol–water partition coefficient (Wildman–Crippen LogP) is 1.92. The Morgan fingerprint density at radius 1 is 1.32 bits per heavy atom. The number of aromatic nitrogens is 2. The molecular formula is C12H12FN5O. The first-order valence-corrected chi connectivity index (χ1v) is 5.40. The summed E-state index contributed by atoms with van der Waals surface area (Å²) in [4.78, 5) is 12.5. The van der Waals surface area contributed by atoms with Crippen molar-refractivity contribution in [3.63, 3.8) is 0 Å². The zero-order chi connectivity index (χ0) is 13.7. The van der Waals surface area contributed by atoms with E-state index in [0.29, 0.717) is 17.1 Å². The van der Waals surface area contributed by atoms with Crippen LogP contribution in [0.25, 0.3) is 0 Å². The summed E-state index contributed by atoms with van der Waals surface area (Å²) >= 11 is 0. The van der Waals surface area contributed by atoms with Crippen LogP contribution in [-0.4, -0.2) is 23.3 Å². The molecule has 3 N–H and O–H groups in total. The molecule has 0 radical (unpaired) electrons. The van der Waals surface area contributed by atoms with Gasteiger partial charge in [0.05, 0.1) is 11.8 Å². The molecule has 0 unspecified atom stereocenters. The van der Waals surface area contributed by atoms with E-state index in [4.69, 9.17) is 5.73 Å². The third-order valence-corrected chi connectivity index (χ3v) is 2.31. The smallest absolute Gasteiger partial charge is 0.144 e. The molecule has 0 amide bonds. The van der Waals surface area contributed by atoms with Crippen LogP contribution in [0.4, 0.5) is 21.7 Å². The highest BCUT2D eigenvalue weighted by molar-refractivity contribution is 5.92. The van der Waals surface area contributed by atoms with E-state index < -0.39 is 0 Å². The first-order chi connectivity index (χ1) is 9.20. The Hall–Kier alpha value is -2.70. The molecule has 0 bridgehead atoms. The summed E-state index contributed by atoms with van der Waals surface area (Å²) in [6.45, 7) is 0. The quantitative estimate of drug-likeness (QED) is 0.648. The fourth-order valence-corrected chi connectivity index (χ4v) is 1.41. The van der Waals surface area contributed by atoms with Crippen molar-refractivity contribution in [3.05, 3.63) is 42.0 Å². The van der Waals surface area contributed by atoms with Gasteiger partial charge in [-0.2, -0.15) is 0 Å². The summed E-state index contributed by atoms with van der Waals surface area (Å²) in [7, 11) is 1.42. The highest BCUT2D eigenvalue weighted by Gasteiger charge is 2.07. The van der Waals surface area contributed by atoms with E-state index in [-0.39, 0.29) is 11.6 Å². The fourth-order valence-electron chi connectivity index (χ4n) is 1.41. The molecule has 98 valence electrons. The molecule has 1 heterocycles. The Labute approximate surface area is 109 Å². The molecule has 7 heteroatoms. The van der Waals surface area contributed by atoms with Crippen LogP contribution in [-0.2, 0) is 4.84 Å². The van der Waals surface area contributed by atoms with Gasteiger partial charge < -0.3 is 15.9 Å². The van der Waals surface area contributed by atoms with Crippen molar-refractivity contribution in [1.82, 2.24) is 9.97 Å². The van der Waals surface area contributed by atoms with Gasteiger partial charge in [0.25, 0.3) is 0 Å². The standard InChI is InChI=1S/C12H12FN5O/c1-19-17-6-10-11(14)15-7-16-12(10)18-9-4-2-8(13)3-5-9/h2-7H,1H3,(H3,14,15,16,18)/b17-6+. The van der Waals surface area contributed by atoms with Crippen LogP contribution in [0.2, 0.25) is 0 Å². The molecule has 0 saturated carbocycles. The molecule has 2 aromatic rings. The second kappa shape index (κ2) is 5.76. The molecule has 0 atom stereocenters. The van der Waals surface area contributed by atoms with E-state index in [1.165, 1.54) is 31.8 Å². The Morgan fingerprint density at radius 3 is 2.74 bits per heavy atom. The third-order valence-electron chi connectivity index (χ3n) is 2.31. The van der Waals surface area contributed by atoms with E-state index in [2.05, 4.69) is 25.3 Å². The number of nitrogens with one attached hydrogen (secondary N) is 1. The molecule has 1 aromatic carbocycles. The van der Waals surface area contributed by atoms with Gasteiger partial charge in [0.2, 0.25) is 0 Å². The summed E-state index contributed by atoms with van der Waals surface area (Å²) in [5.41, 5.74) is 6.91. The van der Waals surface area contributed by atoms with Gasteiger partial charge in [-0.15, -0.1) is 0 Å². The fraction of sp³-hybridized carbons (Fsp3) is 0.0833. The number of nitrogen functional groups attached to an aromatic ring is 1. The topological polar surface area (TPSA) is 85.4 Å². The molecule has 0 saturated heterocycles. The number of anilines is 3. The molecule has 19 heavy (non-hydrogen) atoms. The third kappa shape index (κ3) is 3.15. The lowest BCUT2D eigenvalue weighted by Gasteiger charge is -2.09. The zero-order valence-corrected chi connectivity index (χ0v) is 10.2. The largest absolute Gasteiger partial charge is 0.399 e. The molecule has 1 aromatic heterocycles. The van der Waals surface area contributed by atoms with Gasteiger partial charge in [0.15, 0.2) is 0 Å². The molecule has 2 rings (SSSR count). The number of rotatable bonds is 4. The van der Waals surface area contributed by atoms with E-state index in [9.17, 15) is 4.39 Å². The minimum atomic E-state index is -0.311. The monoisotopic (exact) mass is 261 g/mol. The van der Waals surface area contributed by atoms with Crippen molar-refractivity contribution in [2.45, 2.75) is 0 Å². The minimum Gasteiger partial charge on any atom is -0.399 e. The summed E-state index contributed by atoms with van der Waals surface area (Å²) in [5.74, 6) is 0.411. The number of nitrogens with two attached hydrogens (primary N) is 1. The van der Waals surface area contributed by atoms with Crippen molar-refractivity contribution in [3.8, 4) is 0 Å². The van der Waals surface area contributed by atoms with Crippen molar-refractivity contribution in [2.24, 2.45) is 5.16 Å². The van der Waals surface area contributed by atoms with Crippen LogP contribution >= 0.6 is 0 Å². The average molecular weight is 261 g/mol. The maximum absolute atomic E-state index is 12.8. The lowest BCUT2D eigenvalue weighted by molar-refractivity contribution is 0.215. The first-order valence-electron chi connectivity index (χ1n) is 5.40. The average Bonchev–Trinajstić information content (AvgIpc) is 2.41. The van der Waals surface area contributed by atoms with E-state index >= 15 is 0 Å². The number of benzene rings is 1. The van der Waals surface area contributed by atoms with Crippen molar-refractivity contribution < 1.29 is 9.23 Å². The molecule has 0 fully saturated rings. The number of nitrogens with zero attached hydrogens (tertiary/aromatic N) is 3. The van der Waals surface area contributed by atoms with E-state index in [1.807, 2.05) is 0 Å². The van der Waals surface area contributed by atoms with Crippen LogP contribution < -0.4 is 11.1 Å². The Bertz CT molecular complexity index is 585. The van der Waals surface area contributed by atoms with Crippen molar-refractivity contribution >= 4 is 23.5 Å². The van der Waals surface area contributed by atoms with Gasteiger partial charge >= 0.3 is 0 Å².